The number of nitro benzene ring substituents is 1. The van der Waals surface area contributed by atoms with Gasteiger partial charge in [-0.3, -0.25) is 14.9 Å². The van der Waals surface area contributed by atoms with Crippen molar-refractivity contribution in [2.24, 2.45) is 0 Å². The molecule has 0 bridgehead atoms. The van der Waals surface area contributed by atoms with Crippen molar-refractivity contribution in [1.29, 1.82) is 0 Å². The molecule has 1 N–H and O–H groups in total. The third-order valence-corrected chi connectivity index (χ3v) is 7.53. The molecule has 0 aliphatic carbocycles. The molecule has 1 heterocycles. The lowest BCUT2D eigenvalue weighted by Gasteiger charge is -2.44. The number of hydrogen-bond acceptors (Lipinski definition) is 6. The van der Waals surface area contributed by atoms with E-state index in [9.17, 15) is 20.0 Å². The van der Waals surface area contributed by atoms with Crippen molar-refractivity contribution < 1.29 is 24.3 Å². The fraction of sp³-hybridized carbons (Fsp3) is 0.552. The lowest BCUT2D eigenvalue weighted by molar-refractivity contribution is -0.384. The van der Waals surface area contributed by atoms with Crippen LogP contribution in [0.25, 0.3) is 0 Å². The van der Waals surface area contributed by atoms with Crippen molar-refractivity contribution in [2.75, 3.05) is 0 Å². The van der Waals surface area contributed by atoms with Crippen LogP contribution in [0.1, 0.15) is 99.1 Å². The second-order valence-electron chi connectivity index (χ2n) is 10.0. The van der Waals surface area contributed by atoms with Gasteiger partial charge in [0.1, 0.15) is 23.2 Å². The van der Waals surface area contributed by atoms with Crippen molar-refractivity contribution in [3.8, 4) is 11.5 Å². The Kier molecular flexibility index (Phi) is 9.12. The lowest BCUT2D eigenvalue weighted by atomic mass is 9.78. The molecule has 0 radical (unpaired) electrons. The summed E-state index contributed by atoms with van der Waals surface area (Å²) in [5.41, 5.74) is 3.39. The van der Waals surface area contributed by atoms with Crippen LogP contribution < -0.4 is 9.47 Å². The number of rotatable bonds is 11. The Hall–Kier alpha value is -2.93. The number of nitro groups is 1. The summed E-state index contributed by atoms with van der Waals surface area (Å²) < 4.78 is 12.3. The third kappa shape index (κ3) is 5.89. The van der Waals surface area contributed by atoms with Gasteiger partial charge in [0.05, 0.1) is 4.92 Å². The highest BCUT2D eigenvalue weighted by atomic mass is 16.6. The van der Waals surface area contributed by atoms with E-state index in [4.69, 9.17) is 9.47 Å². The maximum absolute atomic E-state index is 11.7. The number of aliphatic hydroxyl groups excluding tert-OH is 1. The standard InChI is InChI=1S/C29H39NO6/c1-6-7-8-9-10-11-17-29(28(32)23-12-14-24(15-13-23)30(33)34)18-16-25-21(4)26(35-22(5)31)19(2)20(3)27(25)36-29/h12-15,28,32H,6-11,16-18H2,1-5H3. The predicted octanol–water partition coefficient (Wildman–Crippen LogP) is 6.99. The van der Waals surface area contributed by atoms with Crippen LogP contribution in [0.5, 0.6) is 11.5 Å². The number of ether oxygens (including phenoxy) is 2. The van der Waals surface area contributed by atoms with Gasteiger partial charge in [0.15, 0.2) is 0 Å². The number of carbonyl (C=O) groups is 1. The van der Waals surface area contributed by atoms with E-state index in [1.165, 1.54) is 38.3 Å². The van der Waals surface area contributed by atoms with Crippen molar-refractivity contribution in [3.05, 3.63) is 62.2 Å². The van der Waals surface area contributed by atoms with Crippen LogP contribution >= 0.6 is 0 Å². The van der Waals surface area contributed by atoms with Crippen molar-refractivity contribution in [1.82, 2.24) is 0 Å². The summed E-state index contributed by atoms with van der Waals surface area (Å²) in [5.74, 6) is 0.976. The Balaban J connectivity index is 1.96. The van der Waals surface area contributed by atoms with Crippen LogP contribution in [-0.4, -0.2) is 21.6 Å². The second-order valence-corrected chi connectivity index (χ2v) is 10.0. The fourth-order valence-electron chi connectivity index (χ4n) is 5.27. The Labute approximate surface area is 214 Å². The Morgan fingerprint density at radius 3 is 2.33 bits per heavy atom. The van der Waals surface area contributed by atoms with Gasteiger partial charge in [-0.05, 0) is 80.8 Å². The predicted molar refractivity (Wildman–Crippen MR) is 140 cm³/mol. The van der Waals surface area contributed by atoms with Crippen LogP contribution in [0.15, 0.2) is 24.3 Å². The molecule has 2 aromatic carbocycles. The lowest BCUT2D eigenvalue weighted by Crippen LogP contribution is -2.46. The number of nitrogens with zero attached hydrogens (tertiary/aromatic N) is 1. The highest BCUT2D eigenvalue weighted by Crippen LogP contribution is 2.49. The normalized spacial score (nSPS) is 17.7. The van der Waals surface area contributed by atoms with Gasteiger partial charge < -0.3 is 14.6 Å². The van der Waals surface area contributed by atoms with Gasteiger partial charge in [-0.15, -0.1) is 0 Å². The van der Waals surface area contributed by atoms with Crippen molar-refractivity contribution in [3.63, 3.8) is 0 Å². The minimum absolute atomic E-state index is 0.00840. The summed E-state index contributed by atoms with van der Waals surface area (Å²) in [7, 11) is 0. The summed E-state index contributed by atoms with van der Waals surface area (Å²) in [6.07, 6.45) is 7.77. The summed E-state index contributed by atoms with van der Waals surface area (Å²) >= 11 is 0. The zero-order valence-electron chi connectivity index (χ0n) is 22.2. The molecule has 3 rings (SSSR count). The van der Waals surface area contributed by atoms with Gasteiger partial charge in [-0.2, -0.15) is 0 Å². The Morgan fingerprint density at radius 1 is 1.08 bits per heavy atom. The highest BCUT2D eigenvalue weighted by molar-refractivity contribution is 5.72. The molecule has 0 saturated heterocycles. The molecule has 0 amide bonds. The van der Waals surface area contributed by atoms with E-state index in [1.54, 1.807) is 12.1 Å². The van der Waals surface area contributed by atoms with Gasteiger partial charge in [-0.25, -0.2) is 0 Å². The first-order chi connectivity index (χ1) is 17.1. The van der Waals surface area contributed by atoms with E-state index in [1.807, 2.05) is 20.8 Å². The number of carbonyl (C=O) groups excluding carboxylic acids is 1. The number of hydrogen-bond donors (Lipinski definition) is 1. The molecule has 2 aromatic rings. The van der Waals surface area contributed by atoms with Gasteiger partial charge in [0.25, 0.3) is 5.69 Å². The molecular weight excluding hydrogens is 458 g/mol. The second kappa shape index (κ2) is 11.9. The Bertz CT molecular complexity index is 1090. The monoisotopic (exact) mass is 497 g/mol. The van der Waals surface area contributed by atoms with Gasteiger partial charge in [0.2, 0.25) is 0 Å². The topological polar surface area (TPSA) is 98.9 Å². The van der Waals surface area contributed by atoms with E-state index in [0.717, 1.165) is 47.3 Å². The number of non-ortho nitro benzene ring substituents is 1. The summed E-state index contributed by atoms with van der Waals surface area (Å²) in [6.45, 7) is 9.42. The molecule has 196 valence electrons. The third-order valence-electron chi connectivity index (χ3n) is 7.53. The van der Waals surface area contributed by atoms with Gasteiger partial charge in [-0.1, -0.05) is 39.0 Å². The zero-order valence-corrected chi connectivity index (χ0v) is 22.2. The number of aliphatic hydroxyl groups is 1. The molecule has 1 aliphatic heterocycles. The fourth-order valence-corrected chi connectivity index (χ4v) is 5.27. The Morgan fingerprint density at radius 2 is 1.72 bits per heavy atom. The average Bonchev–Trinajstić information content (AvgIpc) is 2.86. The minimum atomic E-state index is -0.935. The number of fused-ring (bicyclic) bond motifs is 1. The van der Waals surface area contributed by atoms with Crippen LogP contribution in [0.3, 0.4) is 0 Å². The quantitative estimate of drug-likeness (QED) is 0.118. The first-order valence-corrected chi connectivity index (χ1v) is 13.0. The number of esters is 1. The number of benzene rings is 2. The van der Waals surface area contributed by atoms with Crippen LogP contribution in [0.2, 0.25) is 0 Å². The van der Waals surface area contributed by atoms with E-state index >= 15 is 0 Å². The minimum Gasteiger partial charge on any atom is -0.484 e. The molecule has 1 aliphatic rings. The van der Waals surface area contributed by atoms with Gasteiger partial charge >= 0.3 is 5.97 Å². The van der Waals surface area contributed by atoms with Crippen molar-refractivity contribution >= 4 is 11.7 Å². The highest BCUT2D eigenvalue weighted by Gasteiger charge is 2.44. The number of unbranched alkanes of at least 4 members (excludes halogenated alkanes) is 5. The molecular formula is C29H39NO6. The molecule has 0 saturated carbocycles. The van der Waals surface area contributed by atoms with E-state index in [0.29, 0.717) is 30.6 Å². The molecule has 0 spiro atoms. The maximum atomic E-state index is 11.7. The summed E-state index contributed by atoms with van der Waals surface area (Å²) in [6, 6.07) is 6.10. The molecule has 0 aromatic heterocycles. The van der Waals surface area contributed by atoms with Crippen LogP contribution in [0, 0.1) is 30.9 Å². The molecule has 7 nitrogen and oxygen atoms in total. The maximum Gasteiger partial charge on any atom is 0.308 e. The van der Waals surface area contributed by atoms with E-state index in [-0.39, 0.29) is 11.7 Å². The van der Waals surface area contributed by atoms with E-state index < -0.39 is 16.6 Å². The van der Waals surface area contributed by atoms with Crippen LogP contribution in [0.4, 0.5) is 5.69 Å². The largest absolute Gasteiger partial charge is 0.484 e. The van der Waals surface area contributed by atoms with E-state index in [2.05, 4.69) is 6.92 Å². The van der Waals surface area contributed by atoms with Gasteiger partial charge in [0, 0.05) is 24.6 Å². The molecule has 7 heteroatoms. The first-order valence-electron chi connectivity index (χ1n) is 13.0. The molecule has 0 fully saturated rings. The SMILES string of the molecule is CCCCCCCCC1(C(O)c2ccc([N+](=O)[O-])cc2)CCc2c(C)c(OC(C)=O)c(C)c(C)c2O1. The van der Waals surface area contributed by atoms with Crippen LogP contribution in [-0.2, 0) is 11.2 Å². The molecule has 36 heavy (non-hydrogen) atoms. The van der Waals surface area contributed by atoms with Crippen molar-refractivity contribution in [2.45, 2.75) is 104 Å². The first kappa shape index (κ1) is 27.7. The summed E-state index contributed by atoms with van der Waals surface area (Å²) in [4.78, 5) is 22.4. The summed E-state index contributed by atoms with van der Waals surface area (Å²) in [5, 5.41) is 22.7. The zero-order chi connectivity index (χ0) is 26.5. The molecule has 2 unspecified atom stereocenters. The molecule has 2 atom stereocenters. The smallest absolute Gasteiger partial charge is 0.308 e. The average molecular weight is 498 g/mol.